The highest BCUT2D eigenvalue weighted by Crippen LogP contribution is 1.84. The van der Waals surface area contributed by atoms with Crippen LogP contribution in [0.2, 0.25) is 0 Å². The summed E-state index contributed by atoms with van der Waals surface area (Å²) < 4.78 is 0. The van der Waals surface area contributed by atoms with E-state index in [0.29, 0.717) is 5.75 Å². The Kier molecular flexibility index (Phi) is 7.20. The van der Waals surface area contributed by atoms with Crippen LogP contribution in [0.25, 0.3) is 0 Å². The quantitative estimate of drug-likeness (QED) is 0.428. The maximum absolute atomic E-state index is 8.62. The summed E-state index contributed by atoms with van der Waals surface area (Å²) in [5.41, 5.74) is 0. The minimum atomic E-state index is 0.125. The molecular weight excluding hydrogens is 154 g/mol. The van der Waals surface area contributed by atoms with Crippen LogP contribution in [0.5, 0.6) is 0 Å². The highest BCUT2D eigenvalue weighted by molar-refractivity contribution is 7.80. The predicted octanol–water partition coefficient (Wildman–Crippen LogP) is -0.203. The van der Waals surface area contributed by atoms with Gasteiger partial charge in [0.15, 0.2) is 0 Å². The van der Waals surface area contributed by atoms with Gasteiger partial charge in [0, 0.05) is 24.1 Å². The first-order valence-corrected chi connectivity index (χ1v) is 4.17. The van der Waals surface area contributed by atoms with Crippen molar-refractivity contribution in [1.29, 1.82) is 0 Å². The van der Waals surface area contributed by atoms with Gasteiger partial charge in [-0.3, -0.25) is 0 Å². The smallest absolute Gasteiger partial charge is 0.0592 e. The molecule has 0 spiro atoms. The van der Waals surface area contributed by atoms with Gasteiger partial charge in [-0.05, 0) is 0 Å². The zero-order valence-corrected chi connectivity index (χ0v) is 7.04. The fraction of sp³-hybridized carbons (Fsp3) is 1.00. The van der Waals surface area contributed by atoms with Crippen LogP contribution in [0, 0.1) is 0 Å². The van der Waals surface area contributed by atoms with E-state index in [1.165, 1.54) is 0 Å². The molecule has 0 saturated heterocycles. The SMILES string of the molecule is OCC(CS)NCCS. The average molecular weight is 167 g/mol. The molecule has 0 heterocycles. The summed E-state index contributed by atoms with van der Waals surface area (Å²) in [6.07, 6.45) is 0. The topological polar surface area (TPSA) is 32.3 Å². The predicted molar refractivity (Wildman–Crippen MR) is 46.6 cm³/mol. The Morgan fingerprint density at radius 1 is 1.44 bits per heavy atom. The fourth-order valence-electron chi connectivity index (χ4n) is 0.456. The van der Waals surface area contributed by atoms with E-state index in [0.717, 1.165) is 12.3 Å². The summed E-state index contributed by atoms with van der Waals surface area (Å²) in [5.74, 6) is 1.47. The van der Waals surface area contributed by atoms with Crippen molar-refractivity contribution in [1.82, 2.24) is 5.32 Å². The summed E-state index contributed by atoms with van der Waals surface area (Å²) in [7, 11) is 0. The van der Waals surface area contributed by atoms with Crippen LogP contribution in [-0.2, 0) is 0 Å². The van der Waals surface area contributed by atoms with Gasteiger partial charge < -0.3 is 10.4 Å². The standard InChI is InChI=1S/C5H13NOS2/c7-3-5(4-9)6-1-2-8/h5-9H,1-4H2. The Bertz CT molecular complexity index is 58.9. The van der Waals surface area contributed by atoms with E-state index in [1.807, 2.05) is 0 Å². The van der Waals surface area contributed by atoms with Crippen LogP contribution in [0.3, 0.4) is 0 Å². The molecule has 2 nitrogen and oxygen atoms in total. The molecule has 0 aliphatic rings. The molecule has 0 aromatic rings. The first-order chi connectivity index (χ1) is 4.35. The summed E-state index contributed by atoms with van der Waals surface area (Å²) in [4.78, 5) is 0. The highest BCUT2D eigenvalue weighted by atomic mass is 32.1. The summed E-state index contributed by atoms with van der Waals surface area (Å²) in [6.45, 7) is 0.978. The first-order valence-electron chi connectivity index (χ1n) is 2.91. The van der Waals surface area contributed by atoms with Crippen molar-refractivity contribution in [2.24, 2.45) is 0 Å². The monoisotopic (exact) mass is 167 g/mol. The molecule has 0 rings (SSSR count). The largest absolute Gasteiger partial charge is 0.395 e. The van der Waals surface area contributed by atoms with Gasteiger partial charge in [-0.2, -0.15) is 25.3 Å². The van der Waals surface area contributed by atoms with E-state index in [2.05, 4.69) is 30.6 Å². The summed E-state index contributed by atoms with van der Waals surface area (Å²) in [5, 5.41) is 11.7. The zero-order valence-electron chi connectivity index (χ0n) is 5.25. The van der Waals surface area contributed by atoms with Crippen molar-refractivity contribution in [2.75, 3.05) is 24.7 Å². The van der Waals surface area contributed by atoms with Crippen molar-refractivity contribution in [2.45, 2.75) is 6.04 Å². The molecule has 0 saturated carbocycles. The molecule has 0 aromatic heterocycles. The van der Waals surface area contributed by atoms with Gasteiger partial charge >= 0.3 is 0 Å². The molecule has 0 fully saturated rings. The van der Waals surface area contributed by atoms with Crippen molar-refractivity contribution in [3.63, 3.8) is 0 Å². The van der Waals surface area contributed by atoms with Gasteiger partial charge in [-0.1, -0.05) is 0 Å². The molecule has 2 N–H and O–H groups in total. The van der Waals surface area contributed by atoms with E-state index in [9.17, 15) is 0 Å². The van der Waals surface area contributed by atoms with Crippen LogP contribution < -0.4 is 5.32 Å². The molecule has 1 atom stereocenters. The third kappa shape index (κ3) is 5.08. The average Bonchev–Trinajstić information content (AvgIpc) is 1.91. The van der Waals surface area contributed by atoms with E-state index in [-0.39, 0.29) is 12.6 Å². The van der Waals surface area contributed by atoms with E-state index in [4.69, 9.17) is 5.11 Å². The lowest BCUT2D eigenvalue weighted by molar-refractivity contribution is 0.256. The van der Waals surface area contributed by atoms with Gasteiger partial charge in [-0.15, -0.1) is 0 Å². The van der Waals surface area contributed by atoms with Crippen LogP contribution in [0.4, 0.5) is 0 Å². The van der Waals surface area contributed by atoms with Gasteiger partial charge in [0.2, 0.25) is 0 Å². The second kappa shape index (κ2) is 6.74. The summed E-state index contributed by atoms with van der Waals surface area (Å²) in [6, 6.07) is 0.125. The fourth-order valence-corrected chi connectivity index (χ4v) is 0.829. The first kappa shape index (κ1) is 9.62. The maximum atomic E-state index is 8.62. The van der Waals surface area contributed by atoms with Gasteiger partial charge in [-0.25, -0.2) is 0 Å². The number of nitrogens with one attached hydrogen (secondary N) is 1. The number of thiol groups is 2. The molecule has 0 radical (unpaired) electrons. The zero-order chi connectivity index (χ0) is 7.11. The minimum absolute atomic E-state index is 0.125. The maximum Gasteiger partial charge on any atom is 0.0592 e. The number of aliphatic hydroxyl groups is 1. The molecule has 4 heteroatoms. The normalized spacial score (nSPS) is 13.7. The van der Waals surface area contributed by atoms with Crippen molar-refractivity contribution in [3.8, 4) is 0 Å². The second-order valence-electron chi connectivity index (χ2n) is 1.74. The Balaban J connectivity index is 3.09. The van der Waals surface area contributed by atoms with Crippen LogP contribution in [-0.4, -0.2) is 35.8 Å². The molecular formula is C5H13NOS2. The number of hydrogen-bond acceptors (Lipinski definition) is 4. The van der Waals surface area contributed by atoms with Gasteiger partial charge in [0.25, 0.3) is 0 Å². The highest BCUT2D eigenvalue weighted by Gasteiger charge is 2.00. The molecule has 0 aliphatic heterocycles. The van der Waals surface area contributed by atoms with E-state index < -0.39 is 0 Å². The molecule has 0 amide bonds. The van der Waals surface area contributed by atoms with E-state index >= 15 is 0 Å². The Labute approximate surface area is 66.9 Å². The Morgan fingerprint density at radius 3 is 2.44 bits per heavy atom. The third-order valence-corrected chi connectivity index (χ3v) is 1.65. The van der Waals surface area contributed by atoms with Crippen molar-refractivity contribution in [3.05, 3.63) is 0 Å². The Morgan fingerprint density at radius 2 is 2.11 bits per heavy atom. The number of aliphatic hydroxyl groups excluding tert-OH is 1. The number of rotatable bonds is 5. The minimum Gasteiger partial charge on any atom is -0.395 e. The third-order valence-electron chi connectivity index (χ3n) is 0.986. The summed E-state index contributed by atoms with van der Waals surface area (Å²) >= 11 is 8.02. The van der Waals surface area contributed by atoms with Crippen LogP contribution in [0.1, 0.15) is 0 Å². The lowest BCUT2D eigenvalue weighted by Crippen LogP contribution is -2.35. The van der Waals surface area contributed by atoms with Crippen molar-refractivity contribution < 1.29 is 5.11 Å². The van der Waals surface area contributed by atoms with E-state index in [1.54, 1.807) is 0 Å². The lowest BCUT2D eigenvalue weighted by Gasteiger charge is -2.11. The van der Waals surface area contributed by atoms with Gasteiger partial charge in [0.05, 0.1) is 6.61 Å². The molecule has 56 valence electrons. The molecule has 9 heavy (non-hydrogen) atoms. The number of hydrogen-bond donors (Lipinski definition) is 4. The Hall–Kier alpha value is 0.620. The van der Waals surface area contributed by atoms with Crippen LogP contribution >= 0.6 is 25.3 Å². The molecule has 0 bridgehead atoms. The van der Waals surface area contributed by atoms with Crippen LogP contribution in [0.15, 0.2) is 0 Å². The molecule has 1 unspecified atom stereocenters. The molecule has 0 aliphatic carbocycles. The molecule has 0 aromatic carbocycles. The van der Waals surface area contributed by atoms with Gasteiger partial charge in [0.1, 0.15) is 0 Å². The van der Waals surface area contributed by atoms with Crippen molar-refractivity contribution >= 4 is 25.3 Å². The second-order valence-corrected chi connectivity index (χ2v) is 2.55. The lowest BCUT2D eigenvalue weighted by atomic mass is 10.3.